The van der Waals surface area contributed by atoms with Gasteiger partial charge in [0, 0.05) is 32.7 Å². The van der Waals surface area contributed by atoms with Crippen LogP contribution in [0.2, 0.25) is 0 Å². The highest BCUT2D eigenvalue weighted by Crippen LogP contribution is 2.17. The van der Waals surface area contributed by atoms with Gasteiger partial charge in [0.25, 0.3) is 0 Å². The number of hydrogen-bond acceptors (Lipinski definition) is 3. The van der Waals surface area contributed by atoms with Gasteiger partial charge in [-0.3, -0.25) is 9.89 Å². The monoisotopic (exact) mass is 472 g/mol. The normalized spacial score (nSPS) is 17.1. The molecule has 1 unspecified atom stereocenters. The maximum absolute atomic E-state index is 6.01. The van der Waals surface area contributed by atoms with E-state index in [9.17, 15) is 0 Å². The van der Waals surface area contributed by atoms with Crippen LogP contribution in [-0.4, -0.2) is 56.2 Å². The van der Waals surface area contributed by atoms with E-state index in [4.69, 9.17) is 4.74 Å². The number of nitrogens with one attached hydrogen (secondary N) is 2. The lowest BCUT2D eigenvalue weighted by atomic mass is 10.1. The summed E-state index contributed by atoms with van der Waals surface area (Å²) in [5, 5.41) is 6.91. The van der Waals surface area contributed by atoms with Gasteiger partial charge in [0.15, 0.2) is 5.96 Å². The molecule has 26 heavy (non-hydrogen) atoms. The topological polar surface area (TPSA) is 48.9 Å². The van der Waals surface area contributed by atoms with Crippen LogP contribution in [0.1, 0.15) is 25.3 Å². The number of benzene rings is 1. The Hall–Kier alpha value is -1.28. The zero-order valence-corrected chi connectivity index (χ0v) is 18.5. The molecule has 1 aliphatic rings. The van der Waals surface area contributed by atoms with E-state index in [0.29, 0.717) is 12.6 Å². The Morgan fingerprint density at radius 3 is 2.69 bits per heavy atom. The molecule has 6 heteroatoms. The third kappa shape index (κ3) is 7.53. The van der Waals surface area contributed by atoms with Crippen molar-refractivity contribution in [3.8, 4) is 5.75 Å². The summed E-state index contributed by atoms with van der Waals surface area (Å²) in [6.45, 7) is 11.8. The third-order valence-corrected chi connectivity index (χ3v) is 4.52. The zero-order valence-electron chi connectivity index (χ0n) is 16.2. The number of aliphatic imine (C=N–C) groups is 1. The molecule has 0 aliphatic carbocycles. The van der Waals surface area contributed by atoms with Gasteiger partial charge in [-0.25, -0.2) is 0 Å². The minimum Gasteiger partial charge on any atom is -0.489 e. The van der Waals surface area contributed by atoms with Gasteiger partial charge >= 0.3 is 0 Å². The average molecular weight is 472 g/mol. The Morgan fingerprint density at radius 2 is 2.08 bits per heavy atom. The molecule has 146 valence electrons. The molecule has 1 aliphatic heterocycles. The minimum absolute atomic E-state index is 0. The second-order valence-electron chi connectivity index (χ2n) is 6.65. The van der Waals surface area contributed by atoms with Gasteiger partial charge in [-0.05, 0) is 38.3 Å². The molecule has 1 saturated heterocycles. The van der Waals surface area contributed by atoms with Gasteiger partial charge in [0.1, 0.15) is 11.9 Å². The van der Waals surface area contributed by atoms with Gasteiger partial charge in [-0.2, -0.15) is 0 Å². The molecule has 0 aromatic heterocycles. The predicted molar refractivity (Wildman–Crippen MR) is 121 cm³/mol. The van der Waals surface area contributed by atoms with E-state index >= 15 is 0 Å². The molecule has 1 atom stereocenters. The summed E-state index contributed by atoms with van der Waals surface area (Å²) in [7, 11) is 1.81. The largest absolute Gasteiger partial charge is 0.489 e. The average Bonchev–Trinajstić information content (AvgIpc) is 2.62. The molecule has 2 N–H and O–H groups in total. The van der Waals surface area contributed by atoms with E-state index in [0.717, 1.165) is 49.7 Å². The van der Waals surface area contributed by atoms with Crippen LogP contribution in [0.3, 0.4) is 0 Å². The summed E-state index contributed by atoms with van der Waals surface area (Å²) in [6, 6.07) is 8.57. The number of hydrogen-bond donors (Lipinski definition) is 2. The van der Waals surface area contributed by atoms with Gasteiger partial charge in [0.2, 0.25) is 0 Å². The number of ether oxygens (including phenoxy) is 1. The molecule has 0 amide bonds. The third-order valence-electron chi connectivity index (χ3n) is 4.52. The van der Waals surface area contributed by atoms with E-state index in [1.165, 1.54) is 0 Å². The molecule has 1 fully saturated rings. The van der Waals surface area contributed by atoms with E-state index in [-0.39, 0.29) is 30.1 Å². The quantitative estimate of drug-likeness (QED) is 0.277. The minimum atomic E-state index is 0. The van der Waals surface area contributed by atoms with Crippen LogP contribution < -0.4 is 15.4 Å². The standard InChI is InChI=1S/C20H32N4O.HI/c1-5-12-24-13-10-18(11-14-24)23-20(21-4)22-15-17(3)25-19-9-7-6-8-16(19)2;/h5-9,17-18H,1,10-15H2,2-4H3,(H2,21,22,23);1H. The fourth-order valence-corrected chi connectivity index (χ4v) is 3.02. The van der Waals surface area contributed by atoms with Crippen molar-refractivity contribution in [2.75, 3.05) is 33.2 Å². The van der Waals surface area contributed by atoms with Crippen molar-refractivity contribution in [2.45, 2.75) is 38.8 Å². The Kier molecular flexibility index (Phi) is 10.7. The van der Waals surface area contributed by atoms with E-state index in [2.05, 4.69) is 47.0 Å². The molecule has 1 heterocycles. The molecule has 0 radical (unpaired) electrons. The van der Waals surface area contributed by atoms with Crippen LogP contribution in [-0.2, 0) is 0 Å². The summed E-state index contributed by atoms with van der Waals surface area (Å²) >= 11 is 0. The second-order valence-corrected chi connectivity index (χ2v) is 6.65. The molecule has 2 rings (SSSR count). The number of rotatable bonds is 7. The number of aryl methyl sites for hydroxylation is 1. The Balaban J connectivity index is 0.00000338. The number of likely N-dealkylation sites (tertiary alicyclic amines) is 1. The first kappa shape index (κ1) is 22.8. The summed E-state index contributed by atoms with van der Waals surface area (Å²) < 4.78 is 6.01. The molecule has 0 spiro atoms. The van der Waals surface area contributed by atoms with Crippen molar-refractivity contribution in [1.29, 1.82) is 0 Å². The fourth-order valence-electron chi connectivity index (χ4n) is 3.02. The fraction of sp³-hybridized carbons (Fsp3) is 0.550. The number of guanidine groups is 1. The van der Waals surface area contributed by atoms with Crippen LogP contribution in [0.25, 0.3) is 0 Å². The van der Waals surface area contributed by atoms with Crippen molar-refractivity contribution in [1.82, 2.24) is 15.5 Å². The van der Waals surface area contributed by atoms with Gasteiger partial charge in [0.05, 0.1) is 6.54 Å². The zero-order chi connectivity index (χ0) is 18.1. The van der Waals surface area contributed by atoms with Crippen LogP contribution in [0.5, 0.6) is 5.75 Å². The summed E-state index contributed by atoms with van der Waals surface area (Å²) in [5.74, 6) is 1.79. The van der Waals surface area contributed by atoms with Gasteiger partial charge in [-0.1, -0.05) is 24.3 Å². The number of piperidine rings is 1. The van der Waals surface area contributed by atoms with Gasteiger partial charge < -0.3 is 15.4 Å². The van der Waals surface area contributed by atoms with Crippen LogP contribution in [0.4, 0.5) is 0 Å². The maximum atomic E-state index is 6.01. The summed E-state index contributed by atoms with van der Waals surface area (Å²) in [4.78, 5) is 6.77. The molecule has 1 aromatic rings. The lowest BCUT2D eigenvalue weighted by molar-refractivity contribution is 0.218. The van der Waals surface area contributed by atoms with Gasteiger partial charge in [-0.15, -0.1) is 30.6 Å². The molecule has 1 aromatic carbocycles. The highest BCUT2D eigenvalue weighted by atomic mass is 127. The molecular formula is C20H33IN4O. The highest BCUT2D eigenvalue weighted by Gasteiger charge is 2.19. The van der Waals surface area contributed by atoms with E-state index in [1.807, 2.05) is 31.3 Å². The first-order valence-corrected chi connectivity index (χ1v) is 9.15. The SMILES string of the molecule is C=CCN1CCC(NC(=NC)NCC(C)Oc2ccccc2C)CC1.I. The van der Waals surface area contributed by atoms with Crippen molar-refractivity contribution >= 4 is 29.9 Å². The van der Waals surface area contributed by atoms with Crippen LogP contribution in [0.15, 0.2) is 41.9 Å². The van der Waals surface area contributed by atoms with E-state index in [1.54, 1.807) is 0 Å². The molecule has 5 nitrogen and oxygen atoms in total. The Labute approximate surface area is 175 Å². The first-order chi connectivity index (χ1) is 12.1. The van der Waals surface area contributed by atoms with E-state index < -0.39 is 0 Å². The number of halogens is 1. The highest BCUT2D eigenvalue weighted by molar-refractivity contribution is 14.0. The Morgan fingerprint density at radius 1 is 1.38 bits per heavy atom. The van der Waals surface area contributed by atoms with Crippen molar-refractivity contribution in [3.05, 3.63) is 42.5 Å². The van der Waals surface area contributed by atoms with Crippen molar-refractivity contribution < 1.29 is 4.74 Å². The smallest absolute Gasteiger partial charge is 0.191 e. The van der Waals surface area contributed by atoms with Crippen molar-refractivity contribution in [3.63, 3.8) is 0 Å². The molecular weight excluding hydrogens is 439 g/mol. The lowest BCUT2D eigenvalue weighted by Gasteiger charge is -2.32. The first-order valence-electron chi connectivity index (χ1n) is 9.15. The molecule has 0 saturated carbocycles. The number of para-hydroxylation sites is 1. The van der Waals surface area contributed by atoms with Crippen molar-refractivity contribution in [2.24, 2.45) is 4.99 Å². The second kappa shape index (κ2) is 12.2. The van der Waals surface area contributed by atoms with Crippen LogP contribution in [0, 0.1) is 6.92 Å². The predicted octanol–water partition coefficient (Wildman–Crippen LogP) is 3.20. The number of nitrogens with zero attached hydrogens (tertiary/aromatic N) is 2. The molecule has 0 bridgehead atoms. The Bertz CT molecular complexity index is 571. The maximum Gasteiger partial charge on any atom is 0.191 e. The summed E-state index contributed by atoms with van der Waals surface area (Å²) in [6.07, 6.45) is 4.30. The summed E-state index contributed by atoms with van der Waals surface area (Å²) in [5.41, 5.74) is 1.16. The lowest BCUT2D eigenvalue weighted by Crippen LogP contribution is -2.50. The van der Waals surface area contributed by atoms with Crippen LogP contribution >= 0.6 is 24.0 Å².